The van der Waals surface area contributed by atoms with Gasteiger partial charge in [-0.15, -0.1) is 0 Å². The molecule has 3 aromatic rings. The molecular weight excluding hydrogens is 428 g/mol. The van der Waals surface area contributed by atoms with Gasteiger partial charge in [0.2, 0.25) is 15.9 Å². The van der Waals surface area contributed by atoms with Crippen LogP contribution in [0.5, 0.6) is 0 Å². The van der Waals surface area contributed by atoms with Crippen LogP contribution in [-0.2, 0) is 16.4 Å². The van der Waals surface area contributed by atoms with E-state index in [0.29, 0.717) is 60.8 Å². The van der Waals surface area contributed by atoms with Crippen molar-refractivity contribution in [2.24, 2.45) is 0 Å². The molecule has 1 aliphatic heterocycles. The lowest BCUT2D eigenvalue weighted by Gasteiger charge is -2.29. The van der Waals surface area contributed by atoms with E-state index in [1.54, 1.807) is 22.6 Å². The van der Waals surface area contributed by atoms with Crippen LogP contribution in [-0.4, -0.2) is 40.9 Å². The third kappa shape index (κ3) is 4.36. The van der Waals surface area contributed by atoms with Crippen LogP contribution in [0.4, 0.5) is 0 Å². The van der Waals surface area contributed by atoms with Crippen molar-refractivity contribution in [2.45, 2.75) is 68.6 Å². The molecular formula is C23H28N4O4S. The van der Waals surface area contributed by atoms with Crippen molar-refractivity contribution in [3.63, 3.8) is 0 Å². The molecule has 2 aromatic heterocycles. The minimum Gasteiger partial charge on any atom is -0.445 e. The molecule has 0 spiro atoms. The second-order valence-corrected chi connectivity index (χ2v) is 11.0. The smallest absolute Gasteiger partial charge is 0.243 e. The molecule has 32 heavy (non-hydrogen) atoms. The van der Waals surface area contributed by atoms with Crippen molar-refractivity contribution in [3.8, 4) is 0 Å². The summed E-state index contributed by atoms with van der Waals surface area (Å²) in [6, 6.07) is 7.21. The Balaban J connectivity index is 1.20. The molecule has 3 heterocycles. The Morgan fingerprint density at radius 1 is 1.03 bits per heavy atom. The molecule has 0 amide bonds. The van der Waals surface area contributed by atoms with E-state index in [4.69, 9.17) is 8.94 Å². The van der Waals surface area contributed by atoms with Gasteiger partial charge in [0, 0.05) is 24.9 Å². The van der Waals surface area contributed by atoms with Crippen LogP contribution in [0.2, 0.25) is 0 Å². The molecule has 0 atom stereocenters. The molecule has 0 radical (unpaired) electrons. The standard InChI is InChI=1S/C23H28N4O4S/c1-15(2)16-5-7-20(8-6-16)32(28,29)27-11-9-18(10-12-27)23-25-21(26-31-23)13-19-14-24-22(30-19)17-3-4-17/h5-8,14-15,17-18H,3-4,9-13H2,1-2H3. The largest absolute Gasteiger partial charge is 0.445 e. The molecule has 8 nitrogen and oxygen atoms in total. The van der Waals surface area contributed by atoms with Crippen molar-refractivity contribution in [1.82, 2.24) is 19.4 Å². The van der Waals surface area contributed by atoms with Gasteiger partial charge >= 0.3 is 0 Å². The van der Waals surface area contributed by atoms with E-state index in [9.17, 15) is 8.42 Å². The third-order valence-electron chi connectivity index (χ3n) is 6.30. The Bertz CT molecular complexity index is 1170. The average molecular weight is 457 g/mol. The van der Waals surface area contributed by atoms with E-state index >= 15 is 0 Å². The molecule has 2 fully saturated rings. The Hall–Kier alpha value is -2.52. The highest BCUT2D eigenvalue weighted by Gasteiger charge is 2.32. The highest BCUT2D eigenvalue weighted by atomic mass is 32.2. The summed E-state index contributed by atoms with van der Waals surface area (Å²) in [6.07, 6.45) is 5.77. The van der Waals surface area contributed by atoms with E-state index in [1.165, 1.54) is 0 Å². The first-order valence-electron chi connectivity index (χ1n) is 11.3. The van der Waals surface area contributed by atoms with Crippen LogP contribution in [0.15, 0.2) is 44.3 Å². The Labute approximate surface area is 188 Å². The number of aromatic nitrogens is 3. The summed E-state index contributed by atoms with van der Waals surface area (Å²) in [5.74, 6) is 3.58. The zero-order valence-corrected chi connectivity index (χ0v) is 19.2. The first-order chi connectivity index (χ1) is 15.4. The number of nitrogens with zero attached hydrogens (tertiary/aromatic N) is 4. The van der Waals surface area contributed by atoms with Crippen LogP contribution in [0.3, 0.4) is 0 Å². The number of piperidine rings is 1. The second-order valence-electron chi connectivity index (χ2n) is 9.07. The molecule has 1 saturated heterocycles. The number of benzene rings is 1. The SMILES string of the molecule is CC(C)c1ccc(S(=O)(=O)N2CCC(c3nc(Cc4cnc(C5CC5)o4)no3)CC2)cc1. The van der Waals surface area contributed by atoms with Crippen LogP contribution in [0.1, 0.15) is 86.2 Å². The molecule has 170 valence electrons. The van der Waals surface area contributed by atoms with E-state index in [0.717, 1.165) is 30.1 Å². The molecule has 0 bridgehead atoms. The van der Waals surface area contributed by atoms with Crippen LogP contribution in [0.25, 0.3) is 0 Å². The summed E-state index contributed by atoms with van der Waals surface area (Å²) < 4.78 is 38.9. The number of rotatable bonds is 7. The van der Waals surface area contributed by atoms with E-state index in [2.05, 4.69) is 29.0 Å². The molecule has 2 aliphatic rings. The summed E-state index contributed by atoms with van der Waals surface area (Å²) in [5.41, 5.74) is 1.13. The minimum atomic E-state index is -3.50. The van der Waals surface area contributed by atoms with Crippen molar-refractivity contribution in [1.29, 1.82) is 0 Å². The fourth-order valence-corrected chi connectivity index (χ4v) is 5.57. The summed E-state index contributed by atoms with van der Waals surface area (Å²) in [6.45, 7) is 5.05. The quantitative estimate of drug-likeness (QED) is 0.524. The minimum absolute atomic E-state index is 0.0581. The Kier molecular flexibility index (Phi) is 5.63. The third-order valence-corrected chi connectivity index (χ3v) is 8.21. The maximum absolute atomic E-state index is 13.0. The molecule has 1 aromatic carbocycles. The van der Waals surface area contributed by atoms with Gasteiger partial charge in [-0.05, 0) is 49.3 Å². The van der Waals surface area contributed by atoms with Crippen LogP contribution >= 0.6 is 0 Å². The summed E-state index contributed by atoms with van der Waals surface area (Å²) in [5, 5.41) is 4.09. The van der Waals surface area contributed by atoms with Gasteiger partial charge in [-0.25, -0.2) is 13.4 Å². The maximum Gasteiger partial charge on any atom is 0.243 e. The van der Waals surface area contributed by atoms with Gasteiger partial charge in [-0.3, -0.25) is 0 Å². The first kappa shape index (κ1) is 21.3. The lowest BCUT2D eigenvalue weighted by Crippen LogP contribution is -2.37. The monoisotopic (exact) mass is 456 g/mol. The lowest BCUT2D eigenvalue weighted by molar-refractivity contribution is 0.270. The topological polar surface area (TPSA) is 102 Å². The van der Waals surface area contributed by atoms with E-state index < -0.39 is 10.0 Å². The van der Waals surface area contributed by atoms with E-state index in [-0.39, 0.29) is 5.92 Å². The van der Waals surface area contributed by atoms with Crippen LogP contribution in [0, 0.1) is 0 Å². The van der Waals surface area contributed by atoms with Gasteiger partial charge < -0.3 is 8.94 Å². The van der Waals surface area contributed by atoms with E-state index in [1.807, 2.05) is 12.1 Å². The number of hydrogen-bond acceptors (Lipinski definition) is 7. The molecule has 1 saturated carbocycles. The van der Waals surface area contributed by atoms with Gasteiger partial charge in [0.15, 0.2) is 11.7 Å². The van der Waals surface area contributed by atoms with Crippen LogP contribution < -0.4 is 0 Å². The summed E-state index contributed by atoms with van der Waals surface area (Å²) in [7, 11) is -3.50. The highest BCUT2D eigenvalue weighted by molar-refractivity contribution is 7.89. The summed E-state index contributed by atoms with van der Waals surface area (Å²) in [4.78, 5) is 9.21. The Morgan fingerprint density at radius 3 is 2.38 bits per heavy atom. The highest BCUT2D eigenvalue weighted by Crippen LogP contribution is 2.39. The predicted molar refractivity (Wildman–Crippen MR) is 117 cm³/mol. The number of oxazole rings is 1. The zero-order chi connectivity index (χ0) is 22.3. The van der Waals surface area contributed by atoms with Crippen molar-refractivity contribution >= 4 is 10.0 Å². The molecule has 5 rings (SSSR count). The fraction of sp³-hybridized carbons (Fsp3) is 0.522. The van der Waals surface area contributed by atoms with Gasteiger partial charge in [0.25, 0.3) is 0 Å². The molecule has 1 aliphatic carbocycles. The first-order valence-corrected chi connectivity index (χ1v) is 12.7. The van der Waals surface area contributed by atoms with Gasteiger partial charge in [0.1, 0.15) is 5.76 Å². The second kappa shape index (κ2) is 8.44. The van der Waals surface area contributed by atoms with Crippen molar-refractivity contribution in [2.75, 3.05) is 13.1 Å². The lowest BCUT2D eigenvalue weighted by atomic mass is 9.98. The fourth-order valence-electron chi connectivity index (χ4n) is 4.10. The van der Waals surface area contributed by atoms with Gasteiger partial charge in [-0.2, -0.15) is 9.29 Å². The number of sulfonamides is 1. The Morgan fingerprint density at radius 2 is 1.72 bits per heavy atom. The van der Waals surface area contributed by atoms with Crippen molar-refractivity contribution < 1.29 is 17.4 Å². The molecule has 9 heteroatoms. The normalized spacial score (nSPS) is 18.5. The molecule has 0 N–H and O–H groups in total. The van der Waals surface area contributed by atoms with Gasteiger partial charge in [-0.1, -0.05) is 31.1 Å². The van der Waals surface area contributed by atoms with Gasteiger partial charge in [0.05, 0.1) is 17.5 Å². The summed E-state index contributed by atoms with van der Waals surface area (Å²) >= 11 is 0. The number of hydrogen-bond donors (Lipinski definition) is 0. The molecule has 0 unspecified atom stereocenters. The maximum atomic E-state index is 13.0. The predicted octanol–water partition coefficient (Wildman–Crippen LogP) is 4.22. The van der Waals surface area contributed by atoms with Crippen molar-refractivity contribution in [3.05, 3.63) is 59.4 Å². The zero-order valence-electron chi connectivity index (χ0n) is 18.4. The average Bonchev–Trinajstić information content (AvgIpc) is 3.37.